The zero-order valence-corrected chi connectivity index (χ0v) is 13.8. The Morgan fingerprint density at radius 3 is 2.78 bits per heavy atom. The molecule has 7 heteroatoms. The Morgan fingerprint density at radius 1 is 1.35 bits per heavy atom. The van der Waals surface area contributed by atoms with Crippen LogP contribution in [0.2, 0.25) is 5.02 Å². The molecule has 2 aliphatic heterocycles. The predicted octanol–water partition coefficient (Wildman–Crippen LogP) is 2.29. The smallest absolute Gasteiger partial charge is 0.282 e. The number of benzene rings is 1. The Labute approximate surface area is 139 Å². The molecule has 0 aliphatic carbocycles. The largest absolute Gasteiger partial charge is 0.495 e. The normalized spacial score (nSPS) is 20.2. The highest BCUT2D eigenvalue weighted by Gasteiger charge is 2.30. The summed E-state index contributed by atoms with van der Waals surface area (Å²) in [5.41, 5.74) is 1.91. The molecule has 0 saturated carbocycles. The van der Waals surface area contributed by atoms with E-state index in [0.29, 0.717) is 41.0 Å². The van der Waals surface area contributed by atoms with Crippen LogP contribution in [0.5, 0.6) is 5.75 Å². The second kappa shape index (κ2) is 6.60. The molecule has 0 spiro atoms. The molecule has 0 bridgehead atoms. The van der Waals surface area contributed by atoms with Crippen molar-refractivity contribution in [2.75, 3.05) is 38.4 Å². The molecule has 0 aromatic heterocycles. The maximum atomic E-state index is 12.7. The molecule has 1 fully saturated rings. The second-order valence-corrected chi connectivity index (χ2v) is 5.72. The van der Waals surface area contributed by atoms with E-state index < -0.39 is 0 Å². The SMILES string of the molecule is COc1cc(N2N=C(C)/C(=C/N3CCOCC3)C2=O)ccc1Cl. The summed E-state index contributed by atoms with van der Waals surface area (Å²) in [5, 5.41) is 6.24. The summed E-state index contributed by atoms with van der Waals surface area (Å²) in [5.74, 6) is 0.355. The minimum absolute atomic E-state index is 0.154. The van der Waals surface area contributed by atoms with E-state index in [0.717, 1.165) is 13.1 Å². The van der Waals surface area contributed by atoms with E-state index in [9.17, 15) is 4.79 Å². The number of amides is 1. The lowest BCUT2D eigenvalue weighted by atomic mass is 10.2. The minimum Gasteiger partial charge on any atom is -0.495 e. The third-order valence-electron chi connectivity index (χ3n) is 3.80. The van der Waals surface area contributed by atoms with Gasteiger partial charge in [0, 0.05) is 25.4 Å². The van der Waals surface area contributed by atoms with Crippen molar-refractivity contribution < 1.29 is 14.3 Å². The molecule has 122 valence electrons. The van der Waals surface area contributed by atoms with Crippen molar-refractivity contribution in [2.24, 2.45) is 5.10 Å². The van der Waals surface area contributed by atoms with Gasteiger partial charge in [0.1, 0.15) is 5.75 Å². The predicted molar refractivity (Wildman–Crippen MR) is 89.1 cm³/mol. The monoisotopic (exact) mass is 335 g/mol. The Kier molecular flexibility index (Phi) is 4.54. The summed E-state index contributed by atoms with van der Waals surface area (Å²) in [6.07, 6.45) is 1.87. The van der Waals surface area contributed by atoms with Crippen LogP contribution in [-0.2, 0) is 9.53 Å². The molecular weight excluding hydrogens is 318 g/mol. The van der Waals surface area contributed by atoms with Crippen LogP contribution in [0.3, 0.4) is 0 Å². The van der Waals surface area contributed by atoms with Crippen molar-refractivity contribution in [2.45, 2.75) is 6.92 Å². The van der Waals surface area contributed by atoms with Gasteiger partial charge in [-0.15, -0.1) is 0 Å². The fourth-order valence-corrected chi connectivity index (χ4v) is 2.71. The fraction of sp³-hybridized carbons (Fsp3) is 0.375. The van der Waals surface area contributed by atoms with Gasteiger partial charge >= 0.3 is 0 Å². The number of hydrazone groups is 1. The molecule has 1 saturated heterocycles. The zero-order chi connectivity index (χ0) is 16.4. The summed E-state index contributed by atoms with van der Waals surface area (Å²) in [4.78, 5) is 14.8. The van der Waals surface area contributed by atoms with Crippen LogP contribution >= 0.6 is 11.6 Å². The molecule has 0 unspecified atom stereocenters. The molecule has 1 aromatic rings. The number of methoxy groups -OCH3 is 1. The van der Waals surface area contributed by atoms with Gasteiger partial charge in [-0.1, -0.05) is 11.6 Å². The molecule has 23 heavy (non-hydrogen) atoms. The molecule has 0 radical (unpaired) electrons. The van der Waals surface area contributed by atoms with E-state index in [1.165, 1.54) is 12.1 Å². The number of hydrogen-bond donors (Lipinski definition) is 0. The number of carbonyl (C=O) groups is 1. The number of rotatable bonds is 3. The quantitative estimate of drug-likeness (QED) is 0.795. The average Bonchev–Trinajstić information content (AvgIpc) is 2.84. The first kappa shape index (κ1) is 15.8. The molecule has 2 aliphatic rings. The van der Waals surface area contributed by atoms with Crippen molar-refractivity contribution in [1.29, 1.82) is 0 Å². The van der Waals surface area contributed by atoms with Crippen LogP contribution < -0.4 is 9.75 Å². The molecule has 2 heterocycles. The van der Waals surface area contributed by atoms with Crippen molar-refractivity contribution in [3.8, 4) is 5.75 Å². The summed E-state index contributed by atoms with van der Waals surface area (Å²) in [6.45, 7) is 4.73. The first-order chi connectivity index (χ1) is 11.1. The molecule has 0 N–H and O–H groups in total. The van der Waals surface area contributed by atoms with Gasteiger partial charge in [-0.05, 0) is 19.1 Å². The second-order valence-electron chi connectivity index (χ2n) is 5.31. The first-order valence-corrected chi connectivity index (χ1v) is 7.75. The van der Waals surface area contributed by atoms with Crippen molar-refractivity contribution >= 4 is 28.9 Å². The lowest BCUT2D eigenvalue weighted by molar-refractivity contribution is -0.114. The Balaban J connectivity index is 1.86. The highest BCUT2D eigenvalue weighted by molar-refractivity contribution is 6.32. The number of halogens is 1. The molecule has 1 aromatic carbocycles. The van der Waals surface area contributed by atoms with Gasteiger partial charge < -0.3 is 14.4 Å². The van der Waals surface area contributed by atoms with Crippen LogP contribution in [0.1, 0.15) is 6.92 Å². The van der Waals surface area contributed by atoms with E-state index in [1.54, 1.807) is 18.2 Å². The fourth-order valence-electron chi connectivity index (χ4n) is 2.51. The number of nitrogens with zero attached hydrogens (tertiary/aromatic N) is 3. The van der Waals surface area contributed by atoms with Gasteiger partial charge in [-0.25, -0.2) is 0 Å². The van der Waals surface area contributed by atoms with Gasteiger partial charge in [0.15, 0.2) is 0 Å². The number of ether oxygens (including phenoxy) is 2. The topological polar surface area (TPSA) is 54.4 Å². The summed E-state index contributed by atoms with van der Waals surface area (Å²) in [7, 11) is 1.54. The molecule has 6 nitrogen and oxygen atoms in total. The number of carbonyl (C=O) groups excluding carboxylic acids is 1. The van der Waals surface area contributed by atoms with E-state index in [-0.39, 0.29) is 5.91 Å². The number of hydrogen-bond acceptors (Lipinski definition) is 5. The van der Waals surface area contributed by atoms with Gasteiger partial charge in [0.05, 0.1) is 42.3 Å². The first-order valence-electron chi connectivity index (χ1n) is 7.37. The van der Waals surface area contributed by atoms with Crippen molar-refractivity contribution in [3.63, 3.8) is 0 Å². The minimum atomic E-state index is -0.154. The standard InChI is InChI=1S/C16H18ClN3O3/c1-11-13(10-19-5-7-23-8-6-19)16(21)20(18-11)12-3-4-14(17)15(9-12)22-2/h3-4,9-10H,5-8H2,1-2H3/b13-10-. The average molecular weight is 336 g/mol. The lowest BCUT2D eigenvalue weighted by Crippen LogP contribution is -2.33. The van der Waals surface area contributed by atoms with E-state index in [4.69, 9.17) is 21.1 Å². The third kappa shape index (κ3) is 3.18. The molecule has 0 atom stereocenters. The summed E-state index contributed by atoms with van der Waals surface area (Å²) < 4.78 is 10.5. The highest BCUT2D eigenvalue weighted by Crippen LogP contribution is 2.32. The number of morpholine rings is 1. The molecule has 1 amide bonds. The number of anilines is 1. The van der Waals surface area contributed by atoms with Crippen LogP contribution in [0.4, 0.5) is 5.69 Å². The highest BCUT2D eigenvalue weighted by atomic mass is 35.5. The summed E-state index contributed by atoms with van der Waals surface area (Å²) in [6, 6.07) is 5.14. The van der Waals surface area contributed by atoms with E-state index in [2.05, 4.69) is 10.0 Å². The van der Waals surface area contributed by atoms with Crippen molar-refractivity contribution in [3.05, 3.63) is 35.0 Å². The Hall–Kier alpha value is -2.05. The third-order valence-corrected chi connectivity index (χ3v) is 4.11. The molecular formula is C16H18ClN3O3. The Morgan fingerprint density at radius 2 is 2.09 bits per heavy atom. The van der Waals surface area contributed by atoms with Crippen LogP contribution in [-0.4, -0.2) is 49.9 Å². The van der Waals surface area contributed by atoms with Gasteiger partial charge in [-0.2, -0.15) is 10.1 Å². The van der Waals surface area contributed by atoms with Gasteiger partial charge in [-0.3, -0.25) is 4.79 Å². The summed E-state index contributed by atoms with van der Waals surface area (Å²) >= 11 is 6.03. The van der Waals surface area contributed by atoms with Crippen LogP contribution in [0.25, 0.3) is 0 Å². The zero-order valence-electron chi connectivity index (χ0n) is 13.1. The van der Waals surface area contributed by atoms with E-state index in [1.807, 2.05) is 13.1 Å². The van der Waals surface area contributed by atoms with Gasteiger partial charge in [0.2, 0.25) is 0 Å². The van der Waals surface area contributed by atoms with Crippen molar-refractivity contribution in [1.82, 2.24) is 4.90 Å². The van der Waals surface area contributed by atoms with Crippen LogP contribution in [0.15, 0.2) is 35.1 Å². The lowest BCUT2D eigenvalue weighted by Gasteiger charge is -2.25. The van der Waals surface area contributed by atoms with Crippen LogP contribution in [0, 0.1) is 0 Å². The molecule has 3 rings (SSSR count). The van der Waals surface area contributed by atoms with Gasteiger partial charge in [0.25, 0.3) is 5.91 Å². The maximum Gasteiger partial charge on any atom is 0.282 e. The maximum absolute atomic E-state index is 12.7. The Bertz CT molecular complexity index is 681. The van der Waals surface area contributed by atoms with E-state index >= 15 is 0 Å².